The molecule has 196 valence electrons. The molecule has 8 heteroatoms. The van der Waals surface area contributed by atoms with E-state index in [4.69, 9.17) is 23.7 Å². The van der Waals surface area contributed by atoms with E-state index >= 15 is 0 Å². The van der Waals surface area contributed by atoms with E-state index in [1.165, 1.54) is 14.2 Å². The molecule has 0 aliphatic carbocycles. The first-order valence-corrected chi connectivity index (χ1v) is 12.2. The van der Waals surface area contributed by atoms with Gasteiger partial charge in [-0.25, -0.2) is 0 Å². The largest absolute Gasteiger partial charge is 0.493 e. The smallest absolute Gasteiger partial charge is 0.313 e. The summed E-state index contributed by atoms with van der Waals surface area (Å²) in [5.41, 5.74) is 2.64. The van der Waals surface area contributed by atoms with Gasteiger partial charge in [-0.1, -0.05) is 19.4 Å². The van der Waals surface area contributed by atoms with E-state index in [0.717, 1.165) is 24.8 Å². The lowest BCUT2D eigenvalue weighted by atomic mass is 9.89. The third-order valence-corrected chi connectivity index (χ3v) is 5.78. The van der Waals surface area contributed by atoms with Gasteiger partial charge in [-0.3, -0.25) is 4.79 Å². The fourth-order valence-corrected chi connectivity index (χ4v) is 4.13. The third kappa shape index (κ3) is 6.97. The lowest BCUT2D eigenvalue weighted by Crippen LogP contribution is -2.21. The van der Waals surface area contributed by atoms with Crippen molar-refractivity contribution < 1.29 is 28.5 Å². The average Bonchev–Trinajstić information content (AvgIpc) is 2.87. The number of aryl methyl sites for hydroxylation is 1. The highest BCUT2D eigenvalue weighted by molar-refractivity contribution is 5.82. The third-order valence-electron chi connectivity index (χ3n) is 5.78. The molecular weight excluding hydrogens is 460 g/mol. The lowest BCUT2D eigenvalue weighted by molar-refractivity contribution is -0.149. The summed E-state index contributed by atoms with van der Waals surface area (Å²) in [6.45, 7) is 6.25. The van der Waals surface area contributed by atoms with Crippen molar-refractivity contribution in [2.45, 2.75) is 58.5 Å². The molecule has 1 atom stereocenters. The van der Waals surface area contributed by atoms with Crippen molar-refractivity contribution in [1.82, 2.24) is 0 Å². The predicted molar refractivity (Wildman–Crippen MR) is 139 cm³/mol. The summed E-state index contributed by atoms with van der Waals surface area (Å²) < 4.78 is 27.4. The Bertz CT molecular complexity index is 1060. The van der Waals surface area contributed by atoms with Crippen LogP contribution in [0.3, 0.4) is 0 Å². The average molecular weight is 499 g/mol. The highest BCUT2D eigenvalue weighted by atomic mass is 16.5. The van der Waals surface area contributed by atoms with Gasteiger partial charge in [0.1, 0.15) is 11.6 Å². The van der Waals surface area contributed by atoms with E-state index in [1.54, 1.807) is 14.2 Å². The van der Waals surface area contributed by atoms with Gasteiger partial charge in [-0.15, -0.1) is 0 Å². The van der Waals surface area contributed by atoms with Crippen LogP contribution < -0.4 is 24.3 Å². The number of hydrogen-bond donors (Lipinski definition) is 1. The van der Waals surface area contributed by atoms with Crippen molar-refractivity contribution >= 4 is 11.7 Å². The topological polar surface area (TPSA) is 99.0 Å². The molecule has 0 fully saturated rings. The van der Waals surface area contributed by atoms with Crippen molar-refractivity contribution in [3.63, 3.8) is 0 Å². The second-order valence-electron chi connectivity index (χ2n) is 8.61. The van der Waals surface area contributed by atoms with Crippen LogP contribution in [-0.2, 0) is 16.0 Å². The Morgan fingerprint density at radius 3 is 2.25 bits per heavy atom. The summed E-state index contributed by atoms with van der Waals surface area (Å²) in [6.07, 6.45) is 2.69. The summed E-state index contributed by atoms with van der Waals surface area (Å²) in [6, 6.07) is 9.91. The minimum absolute atomic E-state index is 0.253. The van der Waals surface area contributed by atoms with Crippen LogP contribution in [0.5, 0.6) is 23.0 Å². The molecule has 2 rings (SSSR count). The van der Waals surface area contributed by atoms with Crippen LogP contribution >= 0.6 is 0 Å². The standard InChI is InChI=1S/C28H38N2O6/c1-8-10-20(28(31)36-18(2)3)21-16-23(27(35-7)26(34-6)22(21)17-29)30-14-9-11-19-12-13-24(32-4)25(15-19)33-5/h12-13,15-16,18,20,30H,8-11,14H2,1-7H3. The van der Waals surface area contributed by atoms with Gasteiger partial charge in [0.2, 0.25) is 0 Å². The summed E-state index contributed by atoms with van der Waals surface area (Å²) in [7, 11) is 6.26. The van der Waals surface area contributed by atoms with Gasteiger partial charge in [0, 0.05) is 6.54 Å². The maximum absolute atomic E-state index is 12.9. The van der Waals surface area contributed by atoms with Crippen LogP contribution in [0.1, 0.15) is 62.6 Å². The van der Waals surface area contributed by atoms with Crippen molar-refractivity contribution in [2.75, 3.05) is 40.3 Å². The molecule has 8 nitrogen and oxygen atoms in total. The first-order valence-electron chi connectivity index (χ1n) is 12.2. The fraction of sp³-hybridized carbons (Fsp3) is 0.500. The zero-order chi connectivity index (χ0) is 26.7. The Hall–Kier alpha value is -3.60. The Kier molecular flexibility index (Phi) is 11.2. The van der Waals surface area contributed by atoms with Crippen LogP contribution in [0.25, 0.3) is 0 Å². The SMILES string of the molecule is CCCC(C(=O)OC(C)C)c1cc(NCCCc2ccc(OC)c(OC)c2)c(OC)c(OC)c1C#N. The first kappa shape index (κ1) is 28.6. The second kappa shape index (κ2) is 14.1. The van der Waals surface area contributed by atoms with Gasteiger partial charge in [-0.05, 0) is 62.4 Å². The Labute approximate surface area is 214 Å². The molecule has 0 bridgehead atoms. The minimum Gasteiger partial charge on any atom is -0.493 e. The van der Waals surface area contributed by atoms with E-state index in [-0.39, 0.29) is 17.6 Å². The minimum atomic E-state index is -0.584. The van der Waals surface area contributed by atoms with E-state index in [2.05, 4.69) is 11.4 Å². The zero-order valence-electron chi connectivity index (χ0n) is 22.4. The quantitative estimate of drug-likeness (QED) is 0.270. The molecule has 0 amide bonds. The van der Waals surface area contributed by atoms with Gasteiger partial charge in [0.05, 0.1) is 46.1 Å². The first-order chi connectivity index (χ1) is 17.3. The van der Waals surface area contributed by atoms with E-state index in [1.807, 2.05) is 45.0 Å². The molecule has 0 heterocycles. The van der Waals surface area contributed by atoms with Crippen LogP contribution in [-0.4, -0.2) is 47.1 Å². The zero-order valence-corrected chi connectivity index (χ0v) is 22.4. The lowest BCUT2D eigenvalue weighted by Gasteiger charge is -2.23. The number of esters is 1. The maximum Gasteiger partial charge on any atom is 0.313 e. The van der Waals surface area contributed by atoms with Crippen LogP contribution in [0.4, 0.5) is 5.69 Å². The monoisotopic (exact) mass is 498 g/mol. The number of nitrogens with zero attached hydrogens (tertiary/aromatic N) is 1. The molecule has 0 aromatic heterocycles. The molecule has 1 unspecified atom stereocenters. The molecule has 2 aromatic rings. The fourth-order valence-electron chi connectivity index (χ4n) is 4.13. The number of nitriles is 1. The number of ether oxygens (including phenoxy) is 5. The number of benzene rings is 2. The van der Waals surface area contributed by atoms with E-state index < -0.39 is 5.92 Å². The normalized spacial score (nSPS) is 11.4. The molecule has 0 aliphatic heterocycles. The number of rotatable bonds is 14. The predicted octanol–water partition coefficient (Wildman–Crippen LogP) is 5.47. The van der Waals surface area contributed by atoms with Gasteiger partial charge in [0.15, 0.2) is 23.0 Å². The molecule has 0 spiro atoms. The summed E-state index contributed by atoms with van der Waals surface area (Å²) >= 11 is 0. The second-order valence-corrected chi connectivity index (χ2v) is 8.61. The number of anilines is 1. The van der Waals surface area contributed by atoms with Gasteiger partial charge in [0.25, 0.3) is 0 Å². The van der Waals surface area contributed by atoms with Crippen molar-refractivity contribution in [2.24, 2.45) is 0 Å². The van der Waals surface area contributed by atoms with Gasteiger partial charge >= 0.3 is 5.97 Å². The molecule has 0 aliphatic rings. The van der Waals surface area contributed by atoms with Crippen molar-refractivity contribution in [1.29, 1.82) is 5.26 Å². The Morgan fingerprint density at radius 2 is 1.69 bits per heavy atom. The molecular formula is C28H38N2O6. The van der Waals surface area contributed by atoms with Crippen LogP contribution in [0.2, 0.25) is 0 Å². The maximum atomic E-state index is 12.9. The molecule has 0 saturated carbocycles. The molecule has 1 N–H and O–H groups in total. The van der Waals surface area contributed by atoms with Gasteiger partial charge in [-0.2, -0.15) is 5.26 Å². The molecule has 2 aromatic carbocycles. The number of nitrogens with one attached hydrogen (secondary N) is 1. The molecule has 0 saturated heterocycles. The number of carbonyl (C=O) groups is 1. The summed E-state index contributed by atoms with van der Waals surface area (Å²) in [4.78, 5) is 12.9. The summed E-state index contributed by atoms with van der Waals surface area (Å²) in [5.74, 6) is 1.18. The Morgan fingerprint density at radius 1 is 1.00 bits per heavy atom. The van der Waals surface area contributed by atoms with Crippen molar-refractivity contribution in [3.05, 3.63) is 41.0 Å². The number of hydrogen-bond acceptors (Lipinski definition) is 8. The Balaban J connectivity index is 2.33. The molecule has 0 radical (unpaired) electrons. The van der Waals surface area contributed by atoms with Crippen LogP contribution in [0, 0.1) is 11.3 Å². The van der Waals surface area contributed by atoms with E-state index in [9.17, 15) is 10.1 Å². The van der Waals surface area contributed by atoms with Gasteiger partial charge < -0.3 is 29.0 Å². The molecule has 36 heavy (non-hydrogen) atoms. The van der Waals surface area contributed by atoms with Crippen molar-refractivity contribution in [3.8, 4) is 29.1 Å². The van der Waals surface area contributed by atoms with E-state index in [0.29, 0.717) is 47.2 Å². The number of carbonyl (C=O) groups excluding carboxylic acids is 1. The number of methoxy groups -OCH3 is 4. The summed E-state index contributed by atoms with van der Waals surface area (Å²) in [5, 5.41) is 13.4. The van der Waals surface area contributed by atoms with Crippen LogP contribution in [0.15, 0.2) is 24.3 Å². The highest BCUT2D eigenvalue weighted by Gasteiger charge is 2.30. The highest BCUT2D eigenvalue weighted by Crippen LogP contribution is 2.43.